The topological polar surface area (TPSA) is 21.3 Å². The monoisotopic (exact) mass is 311 g/mol. The summed E-state index contributed by atoms with van der Waals surface area (Å²) in [5.74, 6) is 0.955. The molecule has 124 valence electrons. The van der Waals surface area contributed by atoms with Gasteiger partial charge in [0.25, 0.3) is 0 Å². The molecule has 0 aromatic heterocycles. The van der Waals surface area contributed by atoms with Crippen molar-refractivity contribution in [1.29, 1.82) is 0 Å². The van der Waals surface area contributed by atoms with E-state index in [1.54, 1.807) is 0 Å². The maximum atomic E-state index is 5.69. The van der Waals surface area contributed by atoms with Crippen LogP contribution in [0.2, 0.25) is 0 Å². The molecule has 0 saturated heterocycles. The van der Waals surface area contributed by atoms with Crippen molar-refractivity contribution >= 4 is 5.69 Å². The Hall–Kier alpha value is -1.96. The molecule has 0 radical (unpaired) electrons. The Kier molecular flexibility index (Phi) is 6.09. The summed E-state index contributed by atoms with van der Waals surface area (Å²) in [6.07, 6.45) is 2.27. The average Bonchev–Trinajstić information content (AvgIpc) is 2.54. The van der Waals surface area contributed by atoms with E-state index >= 15 is 0 Å². The number of hydrogen-bond donors (Lipinski definition) is 1. The van der Waals surface area contributed by atoms with E-state index < -0.39 is 0 Å². The first-order valence-corrected chi connectivity index (χ1v) is 8.55. The summed E-state index contributed by atoms with van der Waals surface area (Å²) < 4.78 is 5.69. The Labute approximate surface area is 140 Å². The number of benzene rings is 2. The summed E-state index contributed by atoms with van der Waals surface area (Å²) in [7, 11) is 0. The zero-order valence-electron chi connectivity index (χ0n) is 14.9. The fourth-order valence-corrected chi connectivity index (χ4v) is 2.33. The van der Waals surface area contributed by atoms with Crippen LogP contribution in [0.4, 0.5) is 5.69 Å². The number of rotatable bonds is 7. The first-order chi connectivity index (χ1) is 11.0. The molecule has 0 spiro atoms. The van der Waals surface area contributed by atoms with Crippen LogP contribution in [0.25, 0.3) is 0 Å². The molecule has 0 unspecified atom stereocenters. The van der Waals surface area contributed by atoms with Crippen molar-refractivity contribution in [3.8, 4) is 5.75 Å². The molecule has 2 aromatic rings. The van der Waals surface area contributed by atoms with Crippen LogP contribution in [0.15, 0.2) is 48.5 Å². The summed E-state index contributed by atoms with van der Waals surface area (Å²) in [6.45, 7) is 10.5. The fraction of sp³-hybridized carbons (Fsp3) is 0.429. The molecule has 23 heavy (non-hydrogen) atoms. The van der Waals surface area contributed by atoms with E-state index in [1.165, 1.54) is 11.1 Å². The van der Waals surface area contributed by atoms with Gasteiger partial charge in [-0.1, -0.05) is 58.4 Å². The smallest absolute Gasteiger partial charge is 0.119 e. The molecule has 0 bridgehead atoms. The van der Waals surface area contributed by atoms with Crippen molar-refractivity contribution in [3.05, 3.63) is 59.7 Å². The van der Waals surface area contributed by atoms with Gasteiger partial charge in [-0.3, -0.25) is 0 Å². The molecule has 0 amide bonds. The standard InChI is InChI=1S/C21H29NO/c1-5-6-15-23-20-13-7-17(8-14-20)16-22-19-11-9-18(10-12-19)21(2,3)4/h7-14,22H,5-6,15-16H2,1-4H3. The molecule has 2 aromatic carbocycles. The zero-order chi connectivity index (χ0) is 16.7. The summed E-state index contributed by atoms with van der Waals surface area (Å²) in [6, 6.07) is 17.1. The van der Waals surface area contributed by atoms with Gasteiger partial charge in [-0.25, -0.2) is 0 Å². The van der Waals surface area contributed by atoms with Crippen LogP contribution in [-0.4, -0.2) is 6.61 Å². The van der Waals surface area contributed by atoms with E-state index in [1.807, 2.05) is 0 Å². The maximum Gasteiger partial charge on any atom is 0.119 e. The highest BCUT2D eigenvalue weighted by molar-refractivity contribution is 5.46. The zero-order valence-corrected chi connectivity index (χ0v) is 14.9. The molecule has 0 aliphatic heterocycles. The van der Waals surface area contributed by atoms with Crippen molar-refractivity contribution in [2.45, 2.75) is 52.5 Å². The predicted molar refractivity (Wildman–Crippen MR) is 99.3 cm³/mol. The molecular formula is C21H29NO. The van der Waals surface area contributed by atoms with Gasteiger partial charge in [-0.15, -0.1) is 0 Å². The van der Waals surface area contributed by atoms with Crippen molar-refractivity contribution in [3.63, 3.8) is 0 Å². The molecule has 2 heteroatoms. The first-order valence-electron chi connectivity index (χ1n) is 8.55. The van der Waals surface area contributed by atoms with Crippen molar-refractivity contribution in [2.24, 2.45) is 0 Å². The normalized spacial score (nSPS) is 11.3. The van der Waals surface area contributed by atoms with Crippen LogP contribution >= 0.6 is 0 Å². The Morgan fingerprint density at radius 1 is 0.913 bits per heavy atom. The third-order valence-corrected chi connectivity index (χ3v) is 3.94. The second kappa shape index (κ2) is 8.05. The lowest BCUT2D eigenvalue weighted by atomic mass is 9.87. The molecule has 0 fully saturated rings. The highest BCUT2D eigenvalue weighted by Crippen LogP contribution is 2.23. The van der Waals surface area contributed by atoms with Crippen LogP contribution in [0.1, 0.15) is 51.7 Å². The summed E-state index contributed by atoms with van der Waals surface area (Å²) in [5, 5.41) is 3.47. The lowest BCUT2D eigenvalue weighted by molar-refractivity contribution is 0.309. The molecule has 1 N–H and O–H groups in total. The highest BCUT2D eigenvalue weighted by atomic mass is 16.5. The van der Waals surface area contributed by atoms with Crippen LogP contribution in [0, 0.1) is 0 Å². The van der Waals surface area contributed by atoms with Gasteiger partial charge in [-0.05, 0) is 47.2 Å². The van der Waals surface area contributed by atoms with E-state index in [-0.39, 0.29) is 5.41 Å². The number of nitrogens with one attached hydrogen (secondary N) is 1. The van der Waals surface area contributed by atoms with E-state index in [0.29, 0.717) is 0 Å². The highest BCUT2D eigenvalue weighted by Gasteiger charge is 2.12. The van der Waals surface area contributed by atoms with Gasteiger partial charge in [0, 0.05) is 12.2 Å². The molecule has 0 atom stereocenters. The second-order valence-corrected chi connectivity index (χ2v) is 7.03. The largest absolute Gasteiger partial charge is 0.494 e. The molecular weight excluding hydrogens is 282 g/mol. The third kappa shape index (κ3) is 5.63. The average molecular weight is 311 g/mol. The molecule has 2 nitrogen and oxygen atoms in total. The predicted octanol–water partition coefficient (Wildman–Crippen LogP) is 5.78. The Balaban J connectivity index is 1.86. The summed E-state index contributed by atoms with van der Waals surface area (Å²) in [5.41, 5.74) is 3.97. The Bertz CT molecular complexity index is 579. The lowest BCUT2D eigenvalue weighted by Crippen LogP contribution is -2.10. The fourth-order valence-electron chi connectivity index (χ4n) is 2.33. The van der Waals surface area contributed by atoms with Gasteiger partial charge in [0.1, 0.15) is 5.75 Å². The molecule has 2 rings (SSSR count). The third-order valence-electron chi connectivity index (χ3n) is 3.94. The lowest BCUT2D eigenvalue weighted by Gasteiger charge is -2.19. The minimum Gasteiger partial charge on any atom is -0.494 e. The Morgan fingerprint density at radius 2 is 1.57 bits per heavy atom. The maximum absolute atomic E-state index is 5.69. The quantitative estimate of drug-likeness (QED) is 0.655. The van der Waals surface area contributed by atoms with Gasteiger partial charge in [-0.2, -0.15) is 0 Å². The van der Waals surface area contributed by atoms with Crippen molar-refractivity contribution < 1.29 is 4.74 Å². The van der Waals surface area contributed by atoms with Gasteiger partial charge in [0.05, 0.1) is 6.61 Å². The van der Waals surface area contributed by atoms with Crippen LogP contribution in [0.3, 0.4) is 0 Å². The molecule has 0 aliphatic carbocycles. The van der Waals surface area contributed by atoms with Gasteiger partial charge < -0.3 is 10.1 Å². The van der Waals surface area contributed by atoms with E-state index in [0.717, 1.165) is 37.4 Å². The number of ether oxygens (including phenoxy) is 1. The second-order valence-electron chi connectivity index (χ2n) is 7.03. The van der Waals surface area contributed by atoms with E-state index in [2.05, 4.69) is 81.5 Å². The van der Waals surface area contributed by atoms with Gasteiger partial charge in [0.2, 0.25) is 0 Å². The number of hydrogen-bond acceptors (Lipinski definition) is 2. The van der Waals surface area contributed by atoms with E-state index in [9.17, 15) is 0 Å². The minimum absolute atomic E-state index is 0.201. The van der Waals surface area contributed by atoms with Crippen LogP contribution in [0.5, 0.6) is 5.75 Å². The summed E-state index contributed by atoms with van der Waals surface area (Å²) >= 11 is 0. The molecule has 0 heterocycles. The Morgan fingerprint density at radius 3 is 2.13 bits per heavy atom. The minimum atomic E-state index is 0.201. The van der Waals surface area contributed by atoms with E-state index in [4.69, 9.17) is 4.74 Å². The summed E-state index contributed by atoms with van der Waals surface area (Å²) in [4.78, 5) is 0. The molecule has 0 saturated carbocycles. The van der Waals surface area contributed by atoms with Crippen LogP contribution in [-0.2, 0) is 12.0 Å². The molecule has 0 aliphatic rings. The van der Waals surface area contributed by atoms with Crippen LogP contribution < -0.4 is 10.1 Å². The van der Waals surface area contributed by atoms with Gasteiger partial charge in [0.15, 0.2) is 0 Å². The number of anilines is 1. The SMILES string of the molecule is CCCCOc1ccc(CNc2ccc(C(C)(C)C)cc2)cc1. The van der Waals surface area contributed by atoms with Crippen molar-refractivity contribution in [1.82, 2.24) is 0 Å². The first kappa shape index (κ1) is 17.4. The number of unbranched alkanes of at least 4 members (excludes halogenated alkanes) is 1. The van der Waals surface area contributed by atoms with Gasteiger partial charge >= 0.3 is 0 Å². The van der Waals surface area contributed by atoms with Crippen molar-refractivity contribution in [2.75, 3.05) is 11.9 Å².